The van der Waals surface area contributed by atoms with Crippen LogP contribution in [0.25, 0.3) is 0 Å². The molecule has 2 atom stereocenters. The Kier molecular flexibility index (Phi) is 5.76. The first-order valence-corrected chi connectivity index (χ1v) is 6.40. The van der Waals surface area contributed by atoms with Gasteiger partial charge in [-0.05, 0) is 19.5 Å². The Morgan fingerprint density at radius 2 is 2.16 bits per heavy atom. The third kappa shape index (κ3) is 4.52. The molecule has 0 heterocycles. The van der Waals surface area contributed by atoms with Crippen LogP contribution in [0.3, 0.4) is 0 Å². The van der Waals surface area contributed by atoms with Gasteiger partial charge in [-0.15, -0.1) is 0 Å². The summed E-state index contributed by atoms with van der Waals surface area (Å²) in [5.41, 5.74) is 6.03. The lowest BCUT2D eigenvalue weighted by Crippen LogP contribution is -2.26. The molecule has 0 spiro atoms. The third-order valence-electron chi connectivity index (χ3n) is 2.93. The topological polar surface area (TPSA) is 64.3 Å². The van der Waals surface area contributed by atoms with Crippen molar-refractivity contribution in [1.82, 2.24) is 5.32 Å². The highest BCUT2D eigenvalue weighted by molar-refractivity contribution is 5.76. The number of hydrogen-bond acceptors (Lipinski definition) is 3. The molecular formula is C14H21FN2O2. The summed E-state index contributed by atoms with van der Waals surface area (Å²) in [6.45, 7) is 6.59. The molecule has 0 bridgehead atoms. The van der Waals surface area contributed by atoms with Gasteiger partial charge in [0.2, 0.25) is 5.91 Å². The Morgan fingerprint density at radius 1 is 1.47 bits per heavy atom. The first-order chi connectivity index (χ1) is 8.95. The van der Waals surface area contributed by atoms with Crippen molar-refractivity contribution in [2.45, 2.75) is 26.8 Å². The third-order valence-corrected chi connectivity index (χ3v) is 2.93. The number of carbonyl (C=O) groups excluding carboxylic acids is 1. The van der Waals surface area contributed by atoms with Crippen LogP contribution in [0.15, 0.2) is 18.2 Å². The fraction of sp³-hybridized carbons (Fsp3) is 0.500. The van der Waals surface area contributed by atoms with Gasteiger partial charge in [0.15, 0.2) is 0 Å². The van der Waals surface area contributed by atoms with Crippen molar-refractivity contribution in [2.24, 2.45) is 11.7 Å². The number of benzene rings is 1. The molecule has 3 N–H and O–H groups in total. The lowest BCUT2D eigenvalue weighted by molar-refractivity contribution is -0.122. The molecule has 1 aromatic carbocycles. The van der Waals surface area contributed by atoms with Gasteiger partial charge in [0.05, 0.1) is 12.5 Å². The molecule has 106 valence electrons. The fourth-order valence-corrected chi connectivity index (χ4v) is 1.70. The van der Waals surface area contributed by atoms with Crippen molar-refractivity contribution in [1.29, 1.82) is 0 Å². The molecule has 0 saturated carbocycles. The molecule has 1 aromatic rings. The molecule has 19 heavy (non-hydrogen) atoms. The molecule has 1 amide bonds. The van der Waals surface area contributed by atoms with E-state index in [1.807, 2.05) is 13.8 Å². The van der Waals surface area contributed by atoms with E-state index in [0.717, 1.165) is 12.1 Å². The minimum absolute atomic E-state index is 0.0458. The number of halogens is 1. The number of hydrogen-bond donors (Lipinski definition) is 2. The summed E-state index contributed by atoms with van der Waals surface area (Å²) in [4.78, 5) is 11.0. The lowest BCUT2D eigenvalue weighted by Gasteiger charge is -2.18. The van der Waals surface area contributed by atoms with Crippen molar-refractivity contribution < 1.29 is 13.9 Å². The Balaban J connectivity index is 2.85. The number of ether oxygens (including phenoxy) is 1. The maximum absolute atomic E-state index is 13.3. The summed E-state index contributed by atoms with van der Waals surface area (Å²) in [6, 6.07) is 4.46. The molecule has 0 aliphatic rings. The van der Waals surface area contributed by atoms with E-state index in [1.54, 1.807) is 13.0 Å². The Hall–Kier alpha value is -1.62. The zero-order valence-corrected chi connectivity index (χ0v) is 11.6. The van der Waals surface area contributed by atoms with Gasteiger partial charge in [0, 0.05) is 17.7 Å². The molecule has 2 unspecified atom stereocenters. The van der Waals surface area contributed by atoms with Gasteiger partial charge in [0.1, 0.15) is 11.6 Å². The monoisotopic (exact) mass is 268 g/mol. The van der Waals surface area contributed by atoms with E-state index in [4.69, 9.17) is 10.5 Å². The van der Waals surface area contributed by atoms with Crippen molar-refractivity contribution in [2.75, 3.05) is 13.2 Å². The lowest BCUT2D eigenvalue weighted by atomic mass is 10.1. The van der Waals surface area contributed by atoms with E-state index >= 15 is 0 Å². The van der Waals surface area contributed by atoms with E-state index < -0.39 is 11.8 Å². The summed E-state index contributed by atoms with van der Waals surface area (Å²) >= 11 is 0. The maximum Gasteiger partial charge on any atom is 0.223 e. The molecular weight excluding hydrogens is 247 g/mol. The van der Waals surface area contributed by atoms with Crippen molar-refractivity contribution in [3.63, 3.8) is 0 Å². The SMILES string of the molecule is CCNC(C)c1ccc(F)cc1OCC(C)C(N)=O. The van der Waals surface area contributed by atoms with E-state index in [-0.39, 0.29) is 18.5 Å². The fourth-order valence-electron chi connectivity index (χ4n) is 1.70. The highest BCUT2D eigenvalue weighted by Crippen LogP contribution is 2.26. The Labute approximate surface area is 113 Å². The first kappa shape index (κ1) is 15.4. The van der Waals surface area contributed by atoms with Gasteiger partial charge in [-0.3, -0.25) is 4.79 Å². The molecule has 1 rings (SSSR count). The molecule has 0 aliphatic heterocycles. The predicted molar refractivity (Wildman–Crippen MR) is 72.3 cm³/mol. The summed E-state index contributed by atoms with van der Waals surface area (Å²) in [5.74, 6) is -0.765. The Morgan fingerprint density at radius 3 is 2.74 bits per heavy atom. The average Bonchev–Trinajstić information content (AvgIpc) is 2.36. The van der Waals surface area contributed by atoms with Crippen LogP contribution in [0.5, 0.6) is 5.75 Å². The molecule has 0 fully saturated rings. The van der Waals surface area contributed by atoms with Crippen molar-refractivity contribution >= 4 is 5.91 Å². The second kappa shape index (κ2) is 7.09. The van der Waals surface area contributed by atoms with Crippen LogP contribution >= 0.6 is 0 Å². The van der Waals surface area contributed by atoms with Gasteiger partial charge in [-0.25, -0.2) is 4.39 Å². The van der Waals surface area contributed by atoms with Gasteiger partial charge in [-0.2, -0.15) is 0 Å². The number of carbonyl (C=O) groups is 1. The van der Waals surface area contributed by atoms with Crippen LogP contribution in [0.2, 0.25) is 0 Å². The van der Waals surface area contributed by atoms with Crippen LogP contribution in [0.1, 0.15) is 32.4 Å². The van der Waals surface area contributed by atoms with Gasteiger partial charge >= 0.3 is 0 Å². The zero-order valence-electron chi connectivity index (χ0n) is 11.6. The molecule has 0 aromatic heterocycles. The predicted octanol–water partition coefficient (Wildman–Crippen LogP) is 2.00. The molecule has 0 radical (unpaired) electrons. The largest absolute Gasteiger partial charge is 0.492 e. The number of nitrogens with two attached hydrogens (primary N) is 1. The van der Waals surface area contributed by atoms with Crippen molar-refractivity contribution in [3.8, 4) is 5.75 Å². The minimum Gasteiger partial charge on any atom is -0.492 e. The Bertz CT molecular complexity index is 437. The molecule has 0 aliphatic carbocycles. The number of primary amides is 1. The number of nitrogens with one attached hydrogen (secondary N) is 1. The van der Waals surface area contributed by atoms with Crippen LogP contribution < -0.4 is 15.8 Å². The van der Waals surface area contributed by atoms with E-state index in [2.05, 4.69) is 5.32 Å². The number of rotatable bonds is 7. The number of amides is 1. The summed E-state index contributed by atoms with van der Waals surface area (Å²) in [6.07, 6.45) is 0. The second-order valence-corrected chi connectivity index (χ2v) is 4.58. The smallest absolute Gasteiger partial charge is 0.223 e. The van der Waals surface area contributed by atoms with Gasteiger partial charge in [-0.1, -0.05) is 19.9 Å². The van der Waals surface area contributed by atoms with E-state index in [9.17, 15) is 9.18 Å². The van der Waals surface area contributed by atoms with Crippen LogP contribution in [0, 0.1) is 11.7 Å². The summed E-state index contributed by atoms with van der Waals surface area (Å²) in [5, 5.41) is 3.24. The summed E-state index contributed by atoms with van der Waals surface area (Å²) in [7, 11) is 0. The second-order valence-electron chi connectivity index (χ2n) is 4.58. The quantitative estimate of drug-likeness (QED) is 0.795. The van der Waals surface area contributed by atoms with Crippen LogP contribution in [-0.4, -0.2) is 19.1 Å². The molecule has 5 heteroatoms. The molecule has 4 nitrogen and oxygen atoms in total. The minimum atomic E-state index is -0.433. The zero-order chi connectivity index (χ0) is 14.4. The molecule has 0 saturated heterocycles. The van der Waals surface area contributed by atoms with Gasteiger partial charge < -0.3 is 15.8 Å². The van der Waals surface area contributed by atoms with Gasteiger partial charge in [0.25, 0.3) is 0 Å². The first-order valence-electron chi connectivity index (χ1n) is 6.40. The van der Waals surface area contributed by atoms with E-state index in [0.29, 0.717) is 5.75 Å². The van der Waals surface area contributed by atoms with Crippen LogP contribution in [-0.2, 0) is 4.79 Å². The normalized spacial score (nSPS) is 13.9. The van der Waals surface area contributed by atoms with Crippen molar-refractivity contribution in [3.05, 3.63) is 29.6 Å². The van der Waals surface area contributed by atoms with E-state index in [1.165, 1.54) is 12.1 Å². The van der Waals surface area contributed by atoms with Crippen LogP contribution in [0.4, 0.5) is 4.39 Å². The standard InChI is InChI=1S/C14H21FN2O2/c1-4-17-10(3)12-6-5-11(15)7-13(12)19-8-9(2)14(16)18/h5-7,9-10,17H,4,8H2,1-3H3,(H2,16,18). The highest BCUT2D eigenvalue weighted by Gasteiger charge is 2.15. The maximum atomic E-state index is 13.3. The highest BCUT2D eigenvalue weighted by atomic mass is 19.1. The summed E-state index contributed by atoms with van der Waals surface area (Å²) < 4.78 is 18.8. The average molecular weight is 268 g/mol.